The van der Waals surface area contributed by atoms with Gasteiger partial charge in [0.15, 0.2) is 5.96 Å². The van der Waals surface area contributed by atoms with Crippen molar-refractivity contribution in [2.24, 2.45) is 16.3 Å². The number of nitrogens with zero attached hydrogens (tertiary/aromatic N) is 2. The van der Waals surface area contributed by atoms with E-state index < -0.39 is 0 Å². The second-order valence-electron chi connectivity index (χ2n) is 7.23. The number of carbonyl (C=O) groups is 1. The Bertz CT molecular complexity index is 448. The number of likely N-dealkylation sites (tertiary alicyclic amines) is 1. The highest BCUT2D eigenvalue weighted by Crippen LogP contribution is 2.36. The lowest BCUT2D eigenvalue weighted by molar-refractivity contribution is -0.119. The molecule has 0 radical (unpaired) electrons. The third-order valence-electron chi connectivity index (χ3n) is 5.33. The number of hydrogen-bond acceptors (Lipinski definition) is 3. The van der Waals surface area contributed by atoms with Crippen LogP contribution in [0.5, 0.6) is 0 Å². The first-order chi connectivity index (χ1) is 11.2. The molecule has 23 heavy (non-hydrogen) atoms. The number of hydrogen-bond donors (Lipinski definition) is 2. The molecule has 1 spiro atoms. The Morgan fingerprint density at radius 3 is 3.00 bits per heavy atom. The molecule has 0 aromatic heterocycles. The van der Waals surface area contributed by atoms with E-state index in [1.165, 1.54) is 0 Å². The first-order valence-corrected chi connectivity index (χ1v) is 9.08. The standard InChI is InChI=1S/C17H30N4O2/c1-2-18-16(19-11-14-4-8-23-9-5-14)21-7-3-6-17(13-21)10-15(22)20-12-17/h14H,2-13H2,1H3,(H,18,19)(H,20,22). The summed E-state index contributed by atoms with van der Waals surface area (Å²) in [5, 5.41) is 6.46. The lowest BCUT2D eigenvalue weighted by atomic mass is 9.79. The topological polar surface area (TPSA) is 66.0 Å². The highest BCUT2D eigenvalue weighted by molar-refractivity contribution is 5.81. The van der Waals surface area contributed by atoms with Crippen molar-refractivity contribution in [2.75, 3.05) is 45.9 Å². The van der Waals surface area contributed by atoms with Crippen molar-refractivity contribution in [3.8, 4) is 0 Å². The van der Waals surface area contributed by atoms with Crippen LogP contribution in [0.25, 0.3) is 0 Å². The summed E-state index contributed by atoms with van der Waals surface area (Å²) in [7, 11) is 0. The van der Waals surface area contributed by atoms with Gasteiger partial charge >= 0.3 is 0 Å². The molecule has 0 aliphatic carbocycles. The molecule has 0 saturated carbocycles. The fourth-order valence-corrected chi connectivity index (χ4v) is 4.00. The summed E-state index contributed by atoms with van der Waals surface area (Å²) < 4.78 is 5.43. The van der Waals surface area contributed by atoms with E-state index in [2.05, 4.69) is 22.5 Å². The van der Waals surface area contributed by atoms with Crippen LogP contribution in [0.4, 0.5) is 0 Å². The van der Waals surface area contributed by atoms with Gasteiger partial charge in [-0.1, -0.05) is 0 Å². The molecule has 1 atom stereocenters. The van der Waals surface area contributed by atoms with Crippen LogP contribution in [0.2, 0.25) is 0 Å². The Morgan fingerprint density at radius 2 is 2.30 bits per heavy atom. The maximum atomic E-state index is 11.7. The van der Waals surface area contributed by atoms with Gasteiger partial charge in [0, 0.05) is 57.8 Å². The van der Waals surface area contributed by atoms with Gasteiger partial charge in [0.05, 0.1) is 0 Å². The van der Waals surface area contributed by atoms with Crippen LogP contribution in [-0.4, -0.2) is 62.7 Å². The summed E-state index contributed by atoms with van der Waals surface area (Å²) in [5.74, 6) is 1.87. The van der Waals surface area contributed by atoms with Gasteiger partial charge in [-0.05, 0) is 38.5 Å². The molecular weight excluding hydrogens is 292 g/mol. The molecule has 1 amide bonds. The maximum absolute atomic E-state index is 11.7. The normalized spacial score (nSPS) is 29.9. The summed E-state index contributed by atoms with van der Waals surface area (Å²) in [5.41, 5.74) is 0.115. The van der Waals surface area contributed by atoms with E-state index in [9.17, 15) is 4.79 Å². The van der Waals surface area contributed by atoms with Gasteiger partial charge < -0.3 is 20.3 Å². The van der Waals surface area contributed by atoms with E-state index in [-0.39, 0.29) is 11.3 Å². The van der Waals surface area contributed by atoms with Crippen molar-refractivity contribution in [3.63, 3.8) is 0 Å². The lowest BCUT2D eigenvalue weighted by Gasteiger charge is -2.41. The largest absolute Gasteiger partial charge is 0.381 e. The molecule has 3 aliphatic rings. The van der Waals surface area contributed by atoms with Crippen LogP contribution < -0.4 is 10.6 Å². The second-order valence-corrected chi connectivity index (χ2v) is 7.23. The zero-order valence-corrected chi connectivity index (χ0v) is 14.3. The van der Waals surface area contributed by atoms with Crippen LogP contribution in [0.3, 0.4) is 0 Å². The molecule has 130 valence electrons. The van der Waals surface area contributed by atoms with Gasteiger partial charge in [0.1, 0.15) is 0 Å². The summed E-state index contributed by atoms with van der Waals surface area (Å²) in [4.78, 5) is 18.9. The van der Waals surface area contributed by atoms with Gasteiger partial charge in [-0.2, -0.15) is 0 Å². The number of rotatable bonds is 3. The Labute approximate surface area is 139 Å². The van der Waals surface area contributed by atoms with Gasteiger partial charge in [-0.3, -0.25) is 9.79 Å². The fraction of sp³-hybridized carbons (Fsp3) is 0.882. The molecule has 3 fully saturated rings. The maximum Gasteiger partial charge on any atom is 0.220 e. The van der Waals surface area contributed by atoms with E-state index in [0.717, 1.165) is 77.6 Å². The van der Waals surface area contributed by atoms with Crippen LogP contribution in [-0.2, 0) is 9.53 Å². The fourth-order valence-electron chi connectivity index (χ4n) is 4.00. The average Bonchev–Trinajstić information content (AvgIpc) is 2.92. The minimum absolute atomic E-state index is 0.115. The molecule has 3 heterocycles. The molecule has 6 nitrogen and oxygen atoms in total. The van der Waals surface area contributed by atoms with Crippen molar-refractivity contribution < 1.29 is 9.53 Å². The summed E-state index contributed by atoms with van der Waals surface area (Å²) in [6.45, 7) is 8.42. The van der Waals surface area contributed by atoms with Crippen molar-refractivity contribution in [3.05, 3.63) is 0 Å². The molecule has 0 aromatic rings. The smallest absolute Gasteiger partial charge is 0.220 e. The highest BCUT2D eigenvalue weighted by Gasteiger charge is 2.42. The van der Waals surface area contributed by atoms with Gasteiger partial charge in [-0.25, -0.2) is 0 Å². The molecule has 0 bridgehead atoms. The van der Waals surface area contributed by atoms with Crippen molar-refractivity contribution in [2.45, 2.75) is 39.0 Å². The number of guanidine groups is 1. The van der Waals surface area contributed by atoms with Crippen molar-refractivity contribution in [1.82, 2.24) is 15.5 Å². The molecule has 3 aliphatic heterocycles. The third kappa shape index (κ3) is 4.16. The number of amides is 1. The van der Waals surface area contributed by atoms with Crippen LogP contribution in [0.1, 0.15) is 39.0 Å². The minimum atomic E-state index is 0.115. The molecule has 3 rings (SSSR count). The van der Waals surface area contributed by atoms with E-state index >= 15 is 0 Å². The van der Waals surface area contributed by atoms with Crippen molar-refractivity contribution in [1.29, 1.82) is 0 Å². The Hall–Kier alpha value is -1.30. The van der Waals surface area contributed by atoms with E-state index in [4.69, 9.17) is 9.73 Å². The third-order valence-corrected chi connectivity index (χ3v) is 5.33. The van der Waals surface area contributed by atoms with Crippen LogP contribution in [0, 0.1) is 11.3 Å². The number of piperidine rings is 1. The van der Waals surface area contributed by atoms with E-state index in [1.54, 1.807) is 0 Å². The second kappa shape index (κ2) is 7.51. The number of nitrogens with one attached hydrogen (secondary N) is 2. The summed E-state index contributed by atoms with van der Waals surface area (Å²) >= 11 is 0. The first kappa shape index (κ1) is 16.6. The lowest BCUT2D eigenvalue weighted by Crippen LogP contribution is -2.51. The van der Waals surface area contributed by atoms with Crippen LogP contribution >= 0.6 is 0 Å². The summed E-state index contributed by atoms with van der Waals surface area (Å²) in [6.07, 6.45) is 5.18. The van der Waals surface area contributed by atoms with Gasteiger partial charge in [0.25, 0.3) is 0 Å². The van der Waals surface area contributed by atoms with Crippen LogP contribution in [0.15, 0.2) is 4.99 Å². The monoisotopic (exact) mass is 322 g/mol. The Kier molecular flexibility index (Phi) is 5.41. The first-order valence-electron chi connectivity index (χ1n) is 9.08. The van der Waals surface area contributed by atoms with Crippen molar-refractivity contribution >= 4 is 11.9 Å². The zero-order valence-electron chi connectivity index (χ0n) is 14.3. The molecular formula is C17H30N4O2. The Balaban J connectivity index is 1.63. The zero-order chi connectivity index (χ0) is 16.1. The molecule has 1 unspecified atom stereocenters. The van der Waals surface area contributed by atoms with Gasteiger partial charge in [-0.15, -0.1) is 0 Å². The number of carbonyl (C=O) groups excluding carboxylic acids is 1. The number of aliphatic imine (C=N–C) groups is 1. The SMILES string of the molecule is CCNC(=NCC1CCOCC1)N1CCCC2(CNC(=O)C2)C1. The predicted molar refractivity (Wildman–Crippen MR) is 90.4 cm³/mol. The Morgan fingerprint density at radius 1 is 1.48 bits per heavy atom. The highest BCUT2D eigenvalue weighted by atomic mass is 16.5. The number of ether oxygens (including phenoxy) is 1. The quantitative estimate of drug-likeness (QED) is 0.600. The summed E-state index contributed by atoms with van der Waals surface area (Å²) in [6, 6.07) is 0. The minimum Gasteiger partial charge on any atom is -0.381 e. The molecule has 0 aromatic carbocycles. The van der Waals surface area contributed by atoms with Gasteiger partial charge in [0.2, 0.25) is 5.91 Å². The average molecular weight is 322 g/mol. The predicted octanol–water partition coefficient (Wildman–Crippen LogP) is 0.981. The molecule has 2 N–H and O–H groups in total. The molecule has 6 heteroatoms. The van der Waals surface area contributed by atoms with E-state index in [1.807, 2.05) is 0 Å². The van der Waals surface area contributed by atoms with E-state index in [0.29, 0.717) is 12.3 Å². The molecule has 3 saturated heterocycles.